The number of halogens is 1. The summed E-state index contributed by atoms with van der Waals surface area (Å²) in [5.74, 6) is 0.882. The highest BCUT2D eigenvalue weighted by molar-refractivity contribution is 5.83. The summed E-state index contributed by atoms with van der Waals surface area (Å²) in [4.78, 5) is 35.4. The summed E-state index contributed by atoms with van der Waals surface area (Å²) >= 11 is 0. The molecule has 0 radical (unpaired) electrons. The van der Waals surface area contributed by atoms with E-state index in [2.05, 4.69) is 32.4 Å². The Bertz CT molecular complexity index is 749. The van der Waals surface area contributed by atoms with Crippen LogP contribution in [0.1, 0.15) is 64.2 Å². The number of piperazine rings is 1. The number of nitrogens with one attached hydrogen (secondary N) is 2. The summed E-state index contributed by atoms with van der Waals surface area (Å²) in [6.45, 7) is 7.09. The van der Waals surface area contributed by atoms with E-state index in [0.29, 0.717) is 37.9 Å². The molecular formula is C27H47FN6O2. The molecule has 2 N–H and O–H groups in total. The van der Waals surface area contributed by atoms with Gasteiger partial charge in [-0.05, 0) is 77.3 Å². The van der Waals surface area contributed by atoms with Gasteiger partial charge in [-0.15, -0.1) is 0 Å². The molecule has 0 aromatic carbocycles. The number of likely N-dealkylation sites (N-methyl/N-ethyl adjacent to an activating group) is 1. The van der Waals surface area contributed by atoms with Gasteiger partial charge in [0.2, 0.25) is 11.8 Å². The molecular weight excluding hydrogens is 459 g/mol. The Balaban J connectivity index is 1.09. The Hall–Kier alpha value is -1.29. The number of amides is 2. The number of hydrogen-bond donors (Lipinski definition) is 2. The summed E-state index contributed by atoms with van der Waals surface area (Å²) < 4.78 is 13.6. The average molecular weight is 507 g/mol. The molecule has 4 saturated heterocycles. The molecule has 0 bridgehead atoms. The van der Waals surface area contributed by atoms with E-state index in [9.17, 15) is 14.0 Å². The van der Waals surface area contributed by atoms with Crippen LogP contribution < -0.4 is 10.6 Å². The maximum Gasteiger partial charge on any atom is 0.239 e. The van der Waals surface area contributed by atoms with Gasteiger partial charge in [-0.1, -0.05) is 0 Å². The lowest BCUT2D eigenvalue weighted by Gasteiger charge is -2.41. The fourth-order valence-electron chi connectivity index (χ4n) is 7.37. The Morgan fingerprint density at radius 1 is 1.00 bits per heavy atom. The minimum Gasteiger partial charge on any atom is -0.353 e. The largest absolute Gasteiger partial charge is 0.353 e. The van der Waals surface area contributed by atoms with Gasteiger partial charge in [0.15, 0.2) is 0 Å². The van der Waals surface area contributed by atoms with Crippen LogP contribution in [0.5, 0.6) is 0 Å². The number of likely N-dealkylation sites (tertiary alicyclic amines) is 1. The van der Waals surface area contributed by atoms with Gasteiger partial charge in [0.1, 0.15) is 12.2 Å². The standard InChI is InChI=1S/C27H47FN6O2/c1-31-22(9-10-25(35)33-16-14-32(15-17-33)24-4-2-3-12-29-24)18-30-27(36)26-23(31)11-13-34(26)19-20-5-7-21(28)8-6-20/h20-24,26,29H,2-19H2,1H3,(H,30,36)/t20?,21?,22-,23-,24?,26-/m0/s1. The van der Waals surface area contributed by atoms with Crippen molar-refractivity contribution in [1.29, 1.82) is 0 Å². The van der Waals surface area contributed by atoms with E-state index in [1.807, 2.05) is 4.90 Å². The Morgan fingerprint density at radius 3 is 2.50 bits per heavy atom. The number of piperidine rings is 1. The fourth-order valence-corrected chi connectivity index (χ4v) is 7.37. The molecule has 8 nitrogen and oxygen atoms in total. The van der Waals surface area contributed by atoms with Crippen LogP contribution in [0.15, 0.2) is 0 Å². The number of carbonyl (C=O) groups excluding carboxylic acids is 2. The maximum absolute atomic E-state index is 13.6. The lowest BCUT2D eigenvalue weighted by molar-refractivity contribution is -0.134. The van der Waals surface area contributed by atoms with Crippen LogP contribution in [0.3, 0.4) is 0 Å². The molecule has 1 saturated carbocycles. The number of fused-ring (bicyclic) bond motifs is 1. The summed E-state index contributed by atoms with van der Waals surface area (Å²) in [5, 5.41) is 6.82. The van der Waals surface area contributed by atoms with Crippen LogP contribution in [0.2, 0.25) is 0 Å². The number of rotatable bonds is 6. The van der Waals surface area contributed by atoms with E-state index in [-0.39, 0.29) is 29.9 Å². The maximum atomic E-state index is 13.6. The van der Waals surface area contributed by atoms with Crippen LogP contribution in [0, 0.1) is 5.92 Å². The molecule has 36 heavy (non-hydrogen) atoms. The zero-order valence-corrected chi connectivity index (χ0v) is 22.2. The van der Waals surface area contributed by atoms with Gasteiger partial charge in [0.25, 0.3) is 0 Å². The molecule has 1 unspecified atom stereocenters. The third-order valence-corrected chi connectivity index (χ3v) is 9.70. The van der Waals surface area contributed by atoms with Gasteiger partial charge in [0.05, 0.1) is 6.17 Å². The van der Waals surface area contributed by atoms with Crippen LogP contribution in [-0.4, -0.2) is 121 Å². The quantitative estimate of drug-likeness (QED) is 0.568. The van der Waals surface area contributed by atoms with Crippen LogP contribution in [-0.2, 0) is 9.59 Å². The highest BCUT2D eigenvalue weighted by Gasteiger charge is 2.45. The first-order valence-corrected chi connectivity index (χ1v) is 14.6. The second-order valence-corrected chi connectivity index (χ2v) is 11.9. The lowest BCUT2D eigenvalue weighted by Crippen LogP contribution is -2.56. The number of alkyl halides is 1. The lowest BCUT2D eigenvalue weighted by atomic mass is 9.87. The van der Waals surface area contributed by atoms with Crippen molar-refractivity contribution in [2.45, 2.75) is 94.7 Å². The van der Waals surface area contributed by atoms with Crippen molar-refractivity contribution in [3.05, 3.63) is 0 Å². The van der Waals surface area contributed by atoms with E-state index in [1.54, 1.807) is 0 Å². The van der Waals surface area contributed by atoms with Gasteiger partial charge in [-0.25, -0.2) is 4.39 Å². The van der Waals surface area contributed by atoms with E-state index in [4.69, 9.17) is 0 Å². The van der Waals surface area contributed by atoms with E-state index in [0.717, 1.165) is 71.5 Å². The Kier molecular flexibility index (Phi) is 8.81. The Labute approximate surface area is 216 Å². The van der Waals surface area contributed by atoms with Crippen LogP contribution in [0.4, 0.5) is 4.39 Å². The first-order chi connectivity index (χ1) is 17.5. The minimum absolute atomic E-state index is 0.125. The van der Waals surface area contributed by atoms with Crippen LogP contribution in [0.25, 0.3) is 0 Å². The van der Waals surface area contributed by atoms with Gasteiger partial charge in [-0.2, -0.15) is 0 Å². The summed E-state index contributed by atoms with van der Waals surface area (Å²) in [6, 6.07) is 0.250. The molecule has 204 valence electrons. The third-order valence-electron chi connectivity index (χ3n) is 9.70. The van der Waals surface area contributed by atoms with Gasteiger partial charge in [-0.3, -0.25) is 24.3 Å². The summed E-state index contributed by atoms with van der Waals surface area (Å²) in [5.41, 5.74) is 0. The predicted octanol–water partition coefficient (Wildman–Crippen LogP) is 1.41. The third kappa shape index (κ3) is 6.05. The fraction of sp³-hybridized carbons (Fsp3) is 0.926. The highest BCUT2D eigenvalue weighted by atomic mass is 19.1. The van der Waals surface area contributed by atoms with Gasteiger partial charge in [0, 0.05) is 64.3 Å². The molecule has 5 rings (SSSR count). The number of hydrogen-bond acceptors (Lipinski definition) is 6. The monoisotopic (exact) mass is 506 g/mol. The second kappa shape index (κ2) is 12.0. The second-order valence-electron chi connectivity index (χ2n) is 11.9. The first kappa shape index (κ1) is 26.3. The van der Waals surface area contributed by atoms with E-state index < -0.39 is 6.17 Å². The molecule has 5 aliphatic rings. The topological polar surface area (TPSA) is 71.2 Å². The molecule has 4 aliphatic heterocycles. The van der Waals surface area contributed by atoms with Crippen molar-refractivity contribution in [2.24, 2.45) is 5.92 Å². The SMILES string of the molecule is CN1[C@@H](CCC(=O)N2CCN(C3CCCCN3)CC2)CNC(=O)[C@@H]2[C@@H]1CCN2CC1CCC(F)CC1. The normalized spacial score (nSPS) is 37.4. The zero-order chi connectivity index (χ0) is 25.1. The first-order valence-electron chi connectivity index (χ1n) is 14.6. The van der Waals surface area contributed by atoms with Crippen molar-refractivity contribution >= 4 is 11.8 Å². The van der Waals surface area contributed by atoms with Crippen LogP contribution >= 0.6 is 0 Å². The molecule has 0 spiro atoms. The van der Waals surface area contributed by atoms with Gasteiger partial charge >= 0.3 is 0 Å². The van der Waals surface area contributed by atoms with Crippen molar-refractivity contribution in [3.8, 4) is 0 Å². The predicted molar refractivity (Wildman–Crippen MR) is 138 cm³/mol. The molecule has 0 aromatic rings. The van der Waals surface area contributed by atoms with Crippen molar-refractivity contribution in [2.75, 3.05) is 59.4 Å². The van der Waals surface area contributed by atoms with Crippen molar-refractivity contribution in [1.82, 2.24) is 30.2 Å². The summed E-state index contributed by atoms with van der Waals surface area (Å²) in [7, 11) is 2.14. The smallest absolute Gasteiger partial charge is 0.239 e. The average Bonchev–Trinajstić information content (AvgIpc) is 3.28. The minimum atomic E-state index is -0.638. The summed E-state index contributed by atoms with van der Waals surface area (Å²) in [6.07, 6.45) is 9.13. The number of nitrogens with zero attached hydrogens (tertiary/aromatic N) is 4. The zero-order valence-electron chi connectivity index (χ0n) is 22.2. The van der Waals surface area contributed by atoms with Crippen molar-refractivity contribution in [3.63, 3.8) is 0 Å². The molecule has 5 fully saturated rings. The molecule has 0 aromatic heterocycles. The Morgan fingerprint density at radius 2 is 1.78 bits per heavy atom. The molecule has 1 aliphatic carbocycles. The van der Waals surface area contributed by atoms with E-state index in [1.165, 1.54) is 19.3 Å². The highest BCUT2D eigenvalue weighted by Crippen LogP contribution is 2.32. The van der Waals surface area contributed by atoms with Crippen molar-refractivity contribution < 1.29 is 14.0 Å². The molecule has 4 heterocycles. The van der Waals surface area contributed by atoms with E-state index >= 15 is 0 Å². The molecule has 2 amide bonds. The van der Waals surface area contributed by atoms with Gasteiger partial charge < -0.3 is 15.5 Å². The molecule has 4 atom stereocenters. The molecule has 9 heteroatoms. The number of carbonyl (C=O) groups is 2.